The first-order valence-corrected chi connectivity index (χ1v) is 7.48. The third-order valence-electron chi connectivity index (χ3n) is 3.94. The van der Waals surface area contributed by atoms with E-state index in [0.717, 1.165) is 30.8 Å². The van der Waals surface area contributed by atoms with E-state index in [1.807, 2.05) is 42.2 Å². The number of fused-ring (bicyclic) bond motifs is 1. The SMILES string of the molecule is CCNc1ccccc1C(=O)N1CCc2ccccc2C1. The predicted molar refractivity (Wildman–Crippen MR) is 85.5 cm³/mol. The van der Waals surface area contributed by atoms with Crippen LogP contribution in [0.2, 0.25) is 0 Å². The molecule has 2 aromatic carbocycles. The van der Waals surface area contributed by atoms with E-state index in [0.29, 0.717) is 6.54 Å². The summed E-state index contributed by atoms with van der Waals surface area (Å²) in [6, 6.07) is 16.1. The maximum atomic E-state index is 12.8. The minimum atomic E-state index is 0.112. The number of amides is 1. The van der Waals surface area contributed by atoms with Crippen LogP contribution in [0.25, 0.3) is 0 Å². The number of nitrogens with zero attached hydrogens (tertiary/aromatic N) is 1. The number of carbonyl (C=O) groups is 1. The molecule has 3 nitrogen and oxygen atoms in total. The van der Waals surface area contributed by atoms with E-state index in [4.69, 9.17) is 0 Å². The molecule has 1 N–H and O–H groups in total. The van der Waals surface area contributed by atoms with Crippen molar-refractivity contribution >= 4 is 11.6 Å². The largest absolute Gasteiger partial charge is 0.385 e. The molecule has 108 valence electrons. The number of hydrogen-bond donors (Lipinski definition) is 1. The Bertz CT molecular complexity index is 651. The first kappa shape index (κ1) is 13.7. The highest BCUT2D eigenvalue weighted by Crippen LogP contribution is 2.23. The van der Waals surface area contributed by atoms with Gasteiger partial charge in [-0.15, -0.1) is 0 Å². The van der Waals surface area contributed by atoms with Crippen molar-refractivity contribution in [2.75, 3.05) is 18.4 Å². The number of anilines is 1. The number of benzene rings is 2. The van der Waals surface area contributed by atoms with Gasteiger partial charge in [0.05, 0.1) is 5.56 Å². The second kappa shape index (κ2) is 6.00. The summed E-state index contributed by atoms with van der Waals surface area (Å²) in [7, 11) is 0. The molecule has 1 amide bonds. The molecular weight excluding hydrogens is 260 g/mol. The van der Waals surface area contributed by atoms with Crippen LogP contribution in [0.15, 0.2) is 48.5 Å². The van der Waals surface area contributed by atoms with E-state index in [-0.39, 0.29) is 5.91 Å². The lowest BCUT2D eigenvalue weighted by molar-refractivity contribution is 0.0735. The van der Waals surface area contributed by atoms with Gasteiger partial charge in [-0.2, -0.15) is 0 Å². The quantitative estimate of drug-likeness (QED) is 0.935. The molecule has 3 rings (SSSR count). The Balaban J connectivity index is 1.84. The van der Waals surface area contributed by atoms with Crippen molar-refractivity contribution in [2.24, 2.45) is 0 Å². The van der Waals surface area contributed by atoms with E-state index in [1.54, 1.807) is 0 Å². The molecule has 0 saturated heterocycles. The third-order valence-corrected chi connectivity index (χ3v) is 3.94. The maximum Gasteiger partial charge on any atom is 0.256 e. The van der Waals surface area contributed by atoms with E-state index in [9.17, 15) is 4.79 Å². The molecule has 0 aliphatic carbocycles. The monoisotopic (exact) mass is 280 g/mol. The highest BCUT2D eigenvalue weighted by atomic mass is 16.2. The zero-order chi connectivity index (χ0) is 14.7. The minimum Gasteiger partial charge on any atom is -0.385 e. The Morgan fingerprint density at radius 1 is 1.10 bits per heavy atom. The molecule has 1 heterocycles. The van der Waals surface area contributed by atoms with Crippen molar-refractivity contribution < 1.29 is 4.79 Å². The van der Waals surface area contributed by atoms with Crippen LogP contribution in [0, 0.1) is 0 Å². The van der Waals surface area contributed by atoms with Crippen LogP contribution in [0.4, 0.5) is 5.69 Å². The van der Waals surface area contributed by atoms with Crippen molar-refractivity contribution in [1.29, 1.82) is 0 Å². The minimum absolute atomic E-state index is 0.112. The van der Waals surface area contributed by atoms with Crippen molar-refractivity contribution in [1.82, 2.24) is 4.90 Å². The molecule has 0 bridgehead atoms. The summed E-state index contributed by atoms with van der Waals surface area (Å²) in [5, 5.41) is 3.27. The second-order valence-electron chi connectivity index (χ2n) is 5.32. The second-order valence-corrected chi connectivity index (χ2v) is 5.32. The van der Waals surface area contributed by atoms with Gasteiger partial charge in [0.25, 0.3) is 5.91 Å². The molecule has 1 aliphatic heterocycles. The van der Waals surface area contributed by atoms with Crippen molar-refractivity contribution in [3.8, 4) is 0 Å². The molecule has 0 spiro atoms. The Kier molecular flexibility index (Phi) is 3.91. The van der Waals surface area contributed by atoms with Gasteiger partial charge in [-0.05, 0) is 36.6 Å². The van der Waals surface area contributed by atoms with E-state index < -0.39 is 0 Å². The summed E-state index contributed by atoms with van der Waals surface area (Å²) in [5.41, 5.74) is 4.31. The zero-order valence-electron chi connectivity index (χ0n) is 12.3. The molecule has 0 aromatic heterocycles. The first-order valence-electron chi connectivity index (χ1n) is 7.48. The van der Waals surface area contributed by atoms with Crippen LogP contribution in [0.5, 0.6) is 0 Å². The fourth-order valence-electron chi connectivity index (χ4n) is 2.85. The number of carbonyl (C=O) groups excluding carboxylic acids is 1. The highest BCUT2D eigenvalue weighted by molar-refractivity contribution is 5.99. The van der Waals surface area contributed by atoms with Gasteiger partial charge in [0.15, 0.2) is 0 Å². The Morgan fingerprint density at radius 2 is 1.81 bits per heavy atom. The van der Waals surface area contributed by atoms with Gasteiger partial charge >= 0.3 is 0 Å². The van der Waals surface area contributed by atoms with Crippen LogP contribution in [-0.2, 0) is 13.0 Å². The molecule has 1 aliphatic rings. The summed E-state index contributed by atoms with van der Waals surface area (Å²) in [5.74, 6) is 0.112. The lowest BCUT2D eigenvalue weighted by atomic mass is 9.99. The van der Waals surface area contributed by atoms with Gasteiger partial charge in [0, 0.05) is 25.3 Å². The van der Waals surface area contributed by atoms with Crippen molar-refractivity contribution in [2.45, 2.75) is 19.9 Å². The summed E-state index contributed by atoms with van der Waals surface area (Å²) in [4.78, 5) is 14.7. The fraction of sp³-hybridized carbons (Fsp3) is 0.278. The van der Waals surface area contributed by atoms with E-state index in [2.05, 4.69) is 23.5 Å². The normalized spacial score (nSPS) is 13.7. The molecule has 3 heteroatoms. The lowest BCUT2D eigenvalue weighted by Gasteiger charge is -2.29. The van der Waals surface area contributed by atoms with Crippen LogP contribution in [0.3, 0.4) is 0 Å². The molecule has 21 heavy (non-hydrogen) atoms. The summed E-state index contributed by atoms with van der Waals surface area (Å²) in [6.07, 6.45) is 0.936. The molecule has 2 aromatic rings. The molecular formula is C18H20N2O. The van der Waals surface area contributed by atoms with Crippen LogP contribution in [-0.4, -0.2) is 23.9 Å². The third kappa shape index (κ3) is 2.77. The van der Waals surface area contributed by atoms with Crippen LogP contribution < -0.4 is 5.32 Å². The topological polar surface area (TPSA) is 32.3 Å². The van der Waals surface area contributed by atoms with Crippen LogP contribution in [0.1, 0.15) is 28.4 Å². The molecule has 0 saturated carbocycles. The van der Waals surface area contributed by atoms with E-state index >= 15 is 0 Å². The van der Waals surface area contributed by atoms with Crippen molar-refractivity contribution in [3.63, 3.8) is 0 Å². The average Bonchev–Trinajstić information content (AvgIpc) is 2.54. The summed E-state index contributed by atoms with van der Waals surface area (Å²) < 4.78 is 0. The standard InChI is InChI=1S/C18H20N2O/c1-2-19-17-10-6-5-9-16(17)18(21)20-12-11-14-7-3-4-8-15(14)13-20/h3-10,19H,2,11-13H2,1H3. The Hall–Kier alpha value is -2.29. The molecule has 0 unspecified atom stereocenters. The lowest BCUT2D eigenvalue weighted by Crippen LogP contribution is -2.36. The molecule has 0 fully saturated rings. The Labute approximate surface area is 125 Å². The smallest absolute Gasteiger partial charge is 0.256 e. The highest BCUT2D eigenvalue weighted by Gasteiger charge is 2.22. The van der Waals surface area contributed by atoms with Crippen LogP contribution >= 0.6 is 0 Å². The summed E-state index contributed by atoms with van der Waals surface area (Å²) in [6.45, 7) is 4.34. The summed E-state index contributed by atoms with van der Waals surface area (Å²) >= 11 is 0. The number of rotatable bonds is 3. The van der Waals surface area contributed by atoms with Crippen molar-refractivity contribution in [3.05, 3.63) is 65.2 Å². The number of para-hydroxylation sites is 1. The van der Waals surface area contributed by atoms with Gasteiger partial charge in [-0.25, -0.2) is 0 Å². The first-order chi connectivity index (χ1) is 10.3. The van der Waals surface area contributed by atoms with Gasteiger partial charge < -0.3 is 10.2 Å². The van der Waals surface area contributed by atoms with Gasteiger partial charge in [-0.1, -0.05) is 36.4 Å². The van der Waals surface area contributed by atoms with E-state index in [1.165, 1.54) is 11.1 Å². The fourth-order valence-corrected chi connectivity index (χ4v) is 2.85. The number of nitrogens with one attached hydrogen (secondary N) is 1. The molecule has 0 atom stereocenters. The zero-order valence-corrected chi connectivity index (χ0v) is 12.3. The number of hydrogen-bond acceptors (Lipinski definition) is 2. The van der Waals surface area contributed by atoms with Gasteiger partial charge in [-0.3, -0.25) is 4.79 Å². The molecule has 0 radical (unpaired) electrons. The maximum absolute atomic E-state index is 12.8. The van der Waals surface area contributed by atoms with Gasteiger partial charge in [0.2, 0.25) is 0 Å². The Morgan fingerprint density at radius 3 is 2.62 bits per heavy atom. The van der Waals surface area contributed by atoms with Gasteiger partial charge in [0.1, 0.15) is 0 Å². The predicted octanol–water partition coefficient (Wildman–Crippen LogP) is 3.32. The average molecular weight is 280 g/mol.